The molecule has 2 nitrogen and oxygen atoms in total. The Balaban J connectivity index is 3.15. The lowest BCUT2D eigenvalue weighted by Gasteiger charge is -2.00. The van der Waals surface area contributed by atoms with Gasteiger partial charge in [0.25, 0.3) is 0 Å². The van der Waals surface area contributed by atoms with Crippen molar-refractivity contribution in [3.05, 3.63) is 15.9 Å². The Morgan fingerprint density at radius 1 is 1.45 bits per heavy atom. The topological polar surface area (TPSA) is 28.7 Å². The Labute approximate surface area is 68.9 Å². The Morgan fingerprint density at radius 2 is 2.00 bits per heavy atom. The SMILES string of the molecule is Cc1[nH]nc(C(F)(F)F)c1Br. The van der Waals surface area contributed by atoms with Gasteiger partial charge in [-0.3, -0.25) is 5.10 Å². The summed E-state index contributed by atoms with van der Waals surface area (Å²) in [4.78, 5) is 0. The molecule has 0 aliphatic carbocycles. The Morgan fingerprint density at radius 3 is 2.18 bits per heavy atom. The summed E-state index contributed by atoms with van der Waals surface area (Å²) in [5.74, 6) is 0. The highest BCUT2D eigenvalue weighted by Crippen LogP contribution is 2.34. The molecule has 0 atom stereocenters. The predicted molar refractivity (Wildman–Crippen MR) is 36.0 cm³/mol. The molecule has 0 saturated carbocycles. The van der Waals surface area contributed by atoms with Crippen LogP contribution >= 0.6 is 15.9 Å². The molecule has 6 heteroatoms. The van der Waals surface area contributed by atoms with E-state index >= 15 is 0 Å². The lowest BCUT2D eigenvalue weighted by Crippen LogP contribution is -2.06. The molecule has 0 saturated heterocycles. The van der Waals surface area contributed by atoms with Crippen LogP contribution in [0.1, 0.15) is 11.4 Å². The van der Waals surface area contributed by atoms with Crippen LogP contribution in [0.3, 0.4) is 0 Å². The molecule has 0 aromatic carbocycles. The third-order valence-electron chi connectivity index (χ3n) is 1.14. The number of halogens is 4. The van der Waals surface area contributed by atoms with Gasteiger partial charge in [-0.15, -0.1) is 0 Å². The molecule has 0 unspecified atom stereocenters. The molecular weight excluding hydrogens is 225 g/mol. The summed E-state index contributed by atoms with van der Waals surface area (Å²) in [7, 11) is 0. The summed E-state index contributed by atoms with van der Waals surface area (Å²) in [6, 6.07) is 0. The average Bonchev–Trinajstić information content (AvgIpc) is 2.11. The number of alkyl halides is 3. The van der Waals surface area contributed by atoms with Crippen molar-refractivity contribution in [2.45, 2.75) is 13.1 Å². The van der Waals surface area contributed by atoms with E-state index in [2.05, 4.69) is 26.1 Å². The van der Waals surface area contributed by atoms with Gasteiger partial charge in [0.15, 0.2) is 5.69 Å². The lowest BCUT2D eigenvalue weighted by atomic mass is 10.4. The Bertz CT molecular complexity index is 265. The highest BCUT2D eigenvalue weighted by molar-refractivity contribution is 9.10. The maximum atomic E-state index is 11.9. The van der Waals surface area contributed by atoms with Gasteiger partial charge in [0.2, 0.25) is 0 Å². The number of nitrogens with one attached hydrogen (secondary N) is 1. The van der Waals surface area contributed by atoms with Gasteiger partial charge in [-0.05, 0) is 22.9 Å². The largest absolute Gasteiger partial charge is 0.436 e. The van der Waals surface area contributed by atoms with E-state index < -0.39 is 11.9 Å². The number of rotatable bonds is 0. The zero-order valence-corrected chi connectivity index (χ0v) is 7.05. The molecule has 0 bridgehead atoms. The lowest BCUT2D eigenvalue weighted by molar-refractivity contribution is -0.141. The number of aromatic nitrogens is 2. The third kappa shape index (κ3) is 1.55. The molecular formula is C5H4BrF3N2. The van der Waals surface area contributed by atoms with E-state index in [1.165, 1.54) is 6.92 Å². The van der Waals surface area contributed by atoms with Gasteiger partial charge in [-0.1, -0.05) is 0 Å². The quantitative estimate of drug-likeness (QED) is 0.727. The van der Waals surface area contributed by atoms with Crippen LogP contribution in [0, 0.1) is 6.92 Å². The fraction of sp³-hybridized carbons (Fsp3) is 0.400. The summed E-state index contributed by atoms with van der Waals surface area (Å²) < 4.78 is 35.8. The molecule has 1 N–H and O–H groups in total. The molecule has 1 heterocycles. The normalized spacial score (nSPS) is 12.1. The number of nitrogens with zero attached hydrogens (tertiary/aromatic N) is 1. The monoisotopic (exact) mass is 228 g/mol. The molecule has 0 aliphatic heterocycles. The maximum absolute atomic E-state index is 11.9. The molecule has 0 fully saturated rings. The third-order valence-corrected chi connectivity index (χ3v) is 2.11. The summed E-state index contributed by atoms with van der Waals surface area (Å²) in [5.41, 5.74) is -0.535. The van der Waals surface area contributed by atoms with Gasteiger partial charge in [0.05, 0.1) is 4.47 Å². The average molecular weight is 229 g/mol. The van der Waals surface area contributed by atoms with Crippen molar-refractivity contribution in [1.82, 2.24) is 10.2 Å². The van der Waals surface area contributed by atoms with Crippen molar-refractivity contribution >= 4 is 15.9 Å². The standard InChI is InChI=1S/C5H4BrF3N2/c1-2-3(6)4(11-10-2)5(7,8)9/h1H3,(H,10,11). The van der Waals surface area contributed by atoms with Crippen molar-refractivity contribution in [2.75, 3.05) is 0 Å². The molecule has 0 radical (unpaired) electrons. The van der Waals surface area contributed by atoms with Gasteiger partial charge < -0.3 is 0 Å². The Kier molecular flexibility index (Phi) is 1.96. The number of aromatic amines is 1. The first-order chi connectivity index (χ1) is 4.93. The minimum atomic E-state index is -4.39. The molecule has 1 aromatic rings. The van der Waals surface area contributed by atoms with Crippen LogP contribution < -0.4 is 0 Å². The smallest absolute Gasteiger partial charge is 0.281 e. The number of hydrogen-bond donors (Lipinski definition) is 1. The second kappa shape index (κ2) is 2.51. The van der Waals surface area contributed by atoms with E-state index in [4.69, 9.17) is 0 Å². The van der Waals surface area contributed by atoms with Crippen LogP contribution in [0.2, 0.25) is 0 Å². The van der Waals surface area contributed by atoms with Crippen molar-refractivity contribution in [3.63, 3.8) is 0 Å². The molecule has 0 amide bonds. The fourth-order valence-electron chi connectivity index (χ4n) is 0.603. The summed E-state index contributed by atoms with van der Waals surface area (Å²) in [5, 5.41) is 5.32. The number of hydrogen-bond acceptors (Lipinski definition) is 1. The first kappa shape index (κ1) is 8.58. The van der Waals surface area contributed by atoms with Gasteiger partial charge >= 0.3 is 6.18 Å². The minimum Gasteiger partial charge on any atom is -0.281 e. The van der Waals surface area contributed by atoms with Crippen LogP contribution in [0.15, 0.2) is 4.47 Å². The van der Waals surface area contributed by atoms with Crippen molar-refractivity contribution in [2.24, 2.45) is 0 Å². The zero-order chi connectivity index (χ0) is 8.65. The van der Waals surface area contributed by atoms with Crippen LogP contribution in [0.5, 0.6) is 0 Å². The van der Waals surface area contributed by atoms with Crippen molar-refractivity contribution < 1.29 is 13.2 Å². The van der Waals surface area contributed by atoms with E-state index in [0.717, 1.165) is 0 Å². The fourth-order valence-corrected chi connectivity index (χ4v) is 1.01. The molecule has 0 spiro atoms. The molecule has 1 aromatic heterocycles. The Hall–Kier alpha value is -0.520. The first-order valence-corrected chi connectivity index (χ1v) is 3.50. The van der Waals surface area contributed by atoms with Crippen LogP contribution in [-0.4, -0.2) is 10.2 Å². The van der Waals surface area contributed by atoms with Crippen molar-refractivity contribution in [1.29, 1.82) is 0 Å². The minimum absolute atomic E-state index is 0.0231. The molecule has 62 valence electrons. The summed E-state index contributed by atoms with van der Waals surface area (Å²) >= 11 is 2.77. The van der Waals surface area contributed by atoms with Gasteiger partial charge in [-0.2, -0.15) is 18.3 Å². The summed E-state index contributed by atoms with van der Waals surface area (Å²) in [6.45, 7) is 1.51. The predicted octanol–water partition coefficient (Wildman–Crippen LogP) is 2.50. The number of aryl methyl sites for hydroxylation is 1. The first-order valence-electron chi connectivity index (χ1n) is 2.70. The second-order valence-electron chi connectivity index (χ2n) is 2.01. The van der Waals surface area contributed by atoms with Crippen LogP contribution in [0.4, 0.5) is 13.2 Å². The van der Waals surface area contributed by atoms with Crippen LogP contribution in [0.25, 0.3) is 0 Å². The number of H-pyrrole nitrogens is 1. The maximum Gasteiger partial charge on any atom is 0.436 e. The van der Waals surface area contributed by atoms with E-state index in [0.29, 0.717) is 5.69 Å². The highest BCUT2D eigenvalue weighted by Gasteiger charge is 2.36. The highest BCUT2D eigenvalue weighted by atomic mass is 79.9. The van der Waals surface area contributed by atoms with Gasteiger partial charge in [-0.25, -0.2) is 0 Å². The molecule has 0 aliphatic rings. The molecule has 11 heavy (non-hydrogen) atoms. The van der Waals surface area contributed by atoms with Gasteiger partial charge in [0, 0.05) is 5.69 Å². The summed E-state index contributed by atoms with van der Waals surface area (Å²) in [6.07, 6.45) is -4.39. The van der Waals surface area contributed by atoms with Crippen molar-refractivity contribution in [3.8, 4) is 0 Å². The second-order valence-corrected chi connectivity index (χ2v) is 2.80. The zero-order valence-electron chi connectivity index (χ0n) is 5.46. The van der Waals surface area contributed by atoms with E-state index in [-0.39, 0.29) is 4.47 Å². The van der Waals surface area contributed by atoms with E-state index in [1.54, 1.807) is 0 Å². The van der Waals surface area contributed by atoms with Gasteiger partial charge in [0.1, 0.15) is 0 Å². The van der Waals surface area contributed by atoms with E-state index in [9.17, 15) is 13.2 Å². The molecule has 1 rings (SSSR count). The van der Waals surface area contributed by atoms with E-state index in [1.807, 2.05) is 0 Å². The van der Waals surface area contributed by atoms with Crippen LogP contribution in [-0.2, 0) is 6.18 Å².